The Morgan fingerprint density at radius 3 is 2.48 bits per heavy atom. The minimum atomic E-state index is -1.10. The Labute approximate surface area is 171 Å². The zero-order valence-electron chi connectivity index (χ0n) is 14.8. The average Bonchev–Trinajstić information content (AvgIpc) is 2.62. The summed E-state index contributed by atoms with van der Waals surface area (Å²) in [5, 5.41) is 21.7. The minimum Gasteiger partial charge on any atom is -0.508 e. The van der Waals surface area contributed by atoms with Gasteiger partial charge in [0, 0.05) is 26.8 Å². The van der Waals surface area contributed by atoms with Crippen molar-refractivity contribution in [3.63, 3.8) is 0 Å². The summed E-state index contributed by atoms with van der Waals surface area (Å²) in [6, 6.07) is 12.2. The summed E-state index contributed by atoms with van der Waals surface area (Å²) in [7, 11) is 0. The van der Waals surface area contributed by atoms with Crippen LogP contribution in [0.15, 0.2) is 54.6 Å². The third-order valence-corrected chi connectivity index (χ3v) is 4.52. The van der Waals surface area contributed by atoms with Crippen molar-refractivity contribution in [3.8, 4) is 5.75 Å². The molecule has 2 atom stereocenters. The first-order chi connectivity index (χ1) is 12.8. The Balaban J connectivity index is 2.25. The van der Waals surface area contributed by atoms with Gasteiger partial charge in [0.25, 0.3) is 0 Å². The molecule has 0 fully saturated rings. The van der Waals surface area contributed by atoms with E-state index in [1.54, 1.807) is 31.2 Å². The molecule has 142 valence electrons. The first-order valence-electron chi connectivity index (χ1n) is 8.20. The second-order valence-electron chi connectivity index (χ2n) is 6.08. The van der Waals surface area contributed by atoms with E-state index in [0.717, 1.165) is 15.2 Å². The second kappa shape index (κ2) is 9.40. The smallest absolute Gasteiger partial charge is 0.412 e. The van der Waals surface area contributed by atoms with Gasteiger partial charge in [-0.2, -0.15) is 0 Å². The van der Waals surface area contributed by atoms with Crippen LogP contribution in [0.25, 0.3) is 0 Å². The van der Waals surface area contributed by atoms with Crippen molar-refractivity contribution in [2.75, 3.05) is 5.32 Å². The molecule has 0 aliphatic heterocycles. The average molecular weight is 481 g/mol. The Hall–Kier alpha value is -2.55. The van der Waals surface area contributed by atoms with Gasteiger partial charge in [-0.15, -0.1) is 0 Å². The maximum Gasteiger partial charge on any atom is 0.412 e. The van der Waals surface area contributed by atoms with Crippen molar-refractivity contribution >= 4 is 40.3 Å². The van der Waals surface area contributed by atoms with Gasteiger partial charge >= 0.3 is 12.1 Å². The molecule has 0 aliphatic rings. The summed E-state index contributed by atoms with van der Waals surface area (Å²) in [6.45, 7) is 3.65. The summed E-state index contributed by atoms with van der Waals surface area (Å²) in [5.74, 6) is -1.61. The quantitative estimate of drug-likeness (QED) is 0.404. The normalized spacial score (nSPS) is 13.1. The third-order valence-electron chi connectivity index (χ3n) is 3.85. The molecule has 27 heavy (non-hydrogen) atoms. The number of benzene rings is 2. The molecule has 3 N–H and O–H groups in total. The molecule has 7 heteroatoms. The number of phenols is 1. The van der Waals surface area contributed by atoms with Crippen molar-refractivity contribution in [3.05, 3.63) is 69.3 Å². The lowest BCUT2D eigenvalue weighted by Crippen LogP contribution is -2.21. The van der Waals surface area contributed by atoms with E-state index in [-0.39, 0.29) is 5.75 Å². The third kappa shape index (κ3) is 6.28. The molecule has 0 aromatic heterocycles. The summed E-state index contributed by atoms with van der Waals surface area (Å²) >= 11 is 2.09. The van der Waals surface area contributed by atoms with Crippen LogP contribution in [-0.4, -0.2) is 22.3 Å². The molecule has 0 heterocycles. The van der Waals surface area contributed by atoms with Crippen molar-refractivity contribution < 1.29 is 24.5 Å². The van der Waals surface area contributed by atoms with Crippen molar-refractivity contribution in [2.45, 2.75) is 20.0 Å². The molecule has 0 saturated heterocycles. The van der Waals surface area contributed by atoms with E-state index < -0.39 is 24.1 Å². The SMILES string of the molecule is Cc1ccc(NC(=O)O[C@@H](c2cc(I)ccc2O)[C@@H](C)/C=C/C(=O)O)cc1. The predicted molar refractivity (Wildman–Crippen MR) is 111 cm³/mol. The van der Waals surface area contributed by atoms with Crippen LogP contribution in [0.4, 0.5) is 10.5 Å². The number of aliphatic carboxylic acids is 1. The number of nitrogens with one attached hydrogen (secondary N) is 1. The summed E-state index contributed by atoms with van der Waals surface area (Å²) in [4.78, 5) is 23.2. The number of carboxylic acids is 1. The summed E-state index contributed by atoms with van der Waals surface area (Å²) < 4.78 is 6.39. The maximum atomic E-state index is 12.4. The van der Waals surface area contributed by atoms with E-state index in [1.807, 2.05) is 19.1 Å². The molecule has 0 radical (unpaired) electrons. The number of aromatic hydroxyl groups is 1. The molecule has 1 amide bonds. The number of rotatable bonds is 6. The first kappa shape index (κ1) is 20.8. The standard InChI is InChI=1S/C20H20INO5/c1-12-3-7-15(8-4-12)22-20(26)27-19(13(2)5-10-18(24)25)16-11-14(21)6-9-17(16)23/h3-11,13,19,23H,1-2H3,(H,22,26)(H,24,25)/b10-5+/t13-,19+/m0/s1. The molecule has 2 rings (SSSR count). The highest BCUT2D eigenvalue weighted by Gasteiger charge is 2.25. The van der Waals surface area contributed by atoms with Gasteiger partial charge in [0.1, 0.15) is 11.9 Å². The number of anilines is 1. The zero-order chi connectivity index (χ0) is 20.0. The van der Waals surface area contributed by atoms with Gasteiger partial charge < -0.3 is 14.9 Å². The number of amides is 1. The molecule has 2 aromatic rings. The Kier molecular flexibility index (Phi) is 7.23. The number of aryl methyl sites for hydroxylation is 1. The molecule has 0 spiro atoms. The summed E-state index contributed by atoms with van der Waals surface area (Å²) in [5.41, 5.74) is 2.04. The van der Waals surface area contributed by atoms with E-state index >= 15 is 0 Å². The van der Waals surface area contributed by atoms with E-state index in [2.05, 4.69) is 27.9 Å². The minimum absolute atomic E-state index is 0.0286. The van der Waals surface area contributed by atoms with Crippen molar-refractivity contribution in [1.29, 1.82) is 0 Å². The van der Waals surface area contributed by atoms with E-state index in [0.29, 0.717) is 11.3 Å². The topological polar surface area (TPSA) is 95.9 Å². The molecule has 0 bridgehead atoms. The monoisotopic (exact) mass is 481 g/mol. The highest BCUT2D eigenvalue weighted by atomic mass is 127. The van der Waals surface area contributed by atoms with E-state index in [4.69, 9.17) is 9.84 Å². The highest BCUT2D eigenvalue weighted by Crippen LogP contribution is 2.34. The van der Waals surface area contributed by atoms with Crippen LogP contribution in [0, 0.1) is 16.4 Å². The van der Waals surface area contributed by atoms with Gasteiger partial charge in [-0.25, -0.2) is 9.59 Å². The number of carboxylic acid groups (broad SMARTS) is 1. The van der Waals surface area contributed by atoms with Crippen molar-refractivity contribution in [1.82, 2.24) is 0 Å². The lowest BCUT2D eigenvalue weighted by Gasteiger charge is -2.23. The lowest BCUT2D eigenvalue weighted by molar-refractivity contribution is -0.131. The molecule has 0 aliphatic carbocycles. The van der Waals surface area contributed by atoms with E-state index in [9.17, 15) is 14.7 Å². The van der Waals surface area contributed by atoms with Crippen molar-refractivity contribution in [2.24, 2.45) is 5.92 Å². The summed E-state index contributed by atoms with van der Waals surface area (Å²) in [6.07, 6.45) is 0.855. The number of halogens is 1. The molecule has 0 unspecified atom stereocenters. The maximum absolute atomic E-state index is 12.4. The Morgan fingerprint density at radius 1 is 1.19 bits per heavy atom. The van der Waals surface area contributed by atoms with Gasteiger partial charge in [0.05, 0.1) is 0 Å². The first-order valence-corrected chi connectivity index (χ1v) is 9.28. The number of ether oxygens (including phenoxy) is 1. The number of hydrogen-bond acceptors (Lipinski definition) is 4. The van der Waals surface area contributed by atoms with Crippen LogP contribution in [0.1, 0.15) is 24.2 Å². The van der Waals surface area contributed by atoms with Gasteiger partial charge in [-0.05, 0) is 59.8 Å². The van der Waals surface area contributed by atoms with Gasteiger partial charge in [0.2, 0.25) is 0 Å². The van der Waals surface area contributed by atoms with Gasteiger partial charge in [-0.1, -0.05) is 30.7 Å². The fourth-order valence-corrected chi connectivity index (χ4v) is 2.96. The highest BCUT2D eigenvalue weighted by molar-refractivity contribution is 14.1. The lowest BCUT2D eigenvalue weighted by atomic mass is 9.96. The van der Waals surface area contributed by atoms with Crippen LogP contribution < -0.4 is 5.32 Å². The van der Waals surface area contributed by atoms with Gasteiger partial charge in [0.15, 0.2) is 0 Å². The molecule has 2 aromatic carbocycles. The number of hydrogen-bond donors (Lipinski definition) is 3. The van der Waals surface area contributed by atoms with Crippen LogP contribution >= 0.6 is 22.6 Å². The molecule has 6 nitrogen and oxygen atoms in total. The Morgan fingerprint density at radius 2 is 1.85 bits per heavy atom. The zero-order valence-corrected chi connectivity index (χ0v) is 17.0. The second-order valence-corrected chi connectivity index (χ2v) is 7.32. The van der Waals surface area contributed by atoms with Crippen LogP contribution in [0.2, 0.25) is 0 Å². The fraction of sp³-hybridized carbons (Fsp3) is 0.200. The van der Waals surface area contributed by atoms with E-state index in [1.165, 1.54) is 12.1 Å². The molecular weight excluding hydrogens is 461 g/mol. The number of phenolic OH excluding ortho intramolecular Hbond substituents is 1. The largest absolute Gasteiger partial charge is 0.508 e. The van der Waals surface area contributed by atoms with Crippen LogP contribution in [-0.2, 0) is 9.53 Å². The van der Waals surface area contributed by atoms with Gasteiger partial charge in [-0.3, -0.25) is 5.32 Å². The molecular formula is C20H20INO5. The van der Waals surface area contributed by atoms with Crippen LogP contribution in [0.5, 0.6) is 5.75 Å². The predicted octanol–water partition coefficient (Wildman–Crippen LogP) is 4.87. The Bertz CT molecular complexity index is 848. The molecule has 0 saturated carbocycles. The van der Waals surface area contributed by atoms with Crippen LogP contribution in [0.3, 0.4) is 0 Å². The number of carbonyl (C=O) groups excluding carboxylic acids is 1. The fourth-order valence-electron chi connectivity index (χ4n) is 2.44. The number of carbonyl (C=O) groups is 2.